The van der Waals surface area contributed by atoms with Gasteiger partial charge in [0, 0.05) is 0 Å². The Morgan fingerprint density at radius 2 is 2.00 bits per heavy atom. The van der Waals surface area contributed by atoms with E-state index in [0.29, 0.717) is 30.3 Å². The Labute approximate surface area is 126 Å². The van der Waals surface area contributed by atoms with Crippen LogP contribution in [0.1, 0.15) is 38.7 Å². The second kappa shape index (κ2) is 7.46. The largest absolute Gasteiger partial charge is 0.482 e. The van der Waals surface area contributed by atoms with Gasteiger partial charge in [-0.3, -0.25) is 0 Å². The Kier molecular flexibility index (Phi) is 5.62. The first-order valence-electron chi connectivity index (χ1n) is 7.61. The summed E-state index contributed by atoms with van der Waals surface area (Å²) in [5.41, 5.74) is 1.09. The predicted octanol–water partition coefficient (Wildman–Crippen LogP) is 3.49. The zero-order valence-corrected chi connectivity index (χ0v) is 12.7. The van der Waals surface area contributed by atoms with Crippen molar-refractivity contribution in [1.82, 2.24) is 0 Å². The molecule has 0 aliphatic heterocycles. The summed E-state index contributed by atoms with van der Waals surface area (Å²) in [6, 6.07) is 7.43. The van der Waals surface area contributed by atoms with Crippen molar-refractivity contribution in [2.45, 2.75) is 45.8 Å². The van der Waals surface area contributed by atoms with Crippen LogP contribution >= 0.6 is 0 Å². The van der Waals surface area contributed by atoms with Crippen LogP contribution in [0.4, 0.5) is 0 Å². The van der Waals surface area contributed by atoms with Gasteiger partial charge in [-0.05, 0) is 42.4 Å². The zero-order chi connectivity index (χ0) is 15.2. The summed E-state index contributed by atoms with van der Waals surface area (Å²) in [6.07, 6.45) is 4.05. The molecule has 1 aliphatic carbocycles. The van der Waals surface area contributed by atoms with Crippen LogP contribution in [0.15, 0.2) is 24.3 Å². The van der Waals surface area contributed by atoms with Crippen LogP contribution in [0.25, 0.3) is 0 Å². The maximum Gasteiger partial charge on any atom is 0.341 e. The highest BCUT2D eigenvalue weighted by Gasteiger charge is 2.30. The molecule has 1 unspecified atom stereocenters. The molecule has 0 saturated heterocycles. The topological polar surface area (TPSA) is 55.8 Å². The highest BCUT2D eigenvalue weighted by molar-refractivity contribution is 5.68. The Morgan fingerprint density at radius 3 is 2.62 bits per heavy atom. The van der Waals surface area contributed by atoms with Gasteiger partial charge in [0.05, 0.1) is 12.7 Å². The molecule has 1 aliphatic rings. The Balaban J connectivity index is 1.82. The molecule has 2 rings (SSSR count). The van der Waals surface area contributed by atoms with Crippen molar-refractivity contribution >= 4 is 5.97 Å². The molecular weight excluding hydrogens is 268 g/mol. The molecule has 1 saturated carbocycles. The molecule has 4 heteroatoms. The van der Waals surface area contributed by atoms with Gasteiger partial charge in [0.15, 0.2) is 6.61 Å². The number of carboxylic acid groups (broad SMARTS) is 1. The minimum Gasteiger partial charge on any atom is -0.482 e. The fourth-order valence-corrected chi connectivity index (χ4v) is 2.95. The minimum atomic E-state index is -0.969. The molecule has 0 spiro atoms. The molecule has 21 heavy (non-hydrogen) atoms. The van der Waals surface area contributed by atoms with E-state index in [0.717, 1.165) is 12.0 Å². The molecule has 1 aromatic carbocycles. The third-order valence-electron chi connectivity index (χ3n) is 4.11. The minimum absolute atomic E-state index is 0.312. The third kappa shape index (κ3) is 4.74. The molecule has 0 aromatic heterocycles. The van der Waals surface area contributed by atoms with Crippen molar-refractivity contribution in [3.8, 4) is 5.75 Å². The molecule has 0 radical (unpaired) electrons. The lowest BCUT2D eigenvalue weighted by Gasteiger charge is -2.23. The molecule has 0 heterocycles. The Morgan fingerprint density at radius 1 is 1.29 bits per heavy atom. The maximum absolute atomic E-state index is 10.4. The first kappa shape index (κ1) is 15.8. The molecule has 2 atom stereocenters. The van der Waals surface area contributed by atoms with Gasteiger partial charge in [-0.25, -0.2) is 4.79 Å². The van der Waals surface area contributed by atoms with Crippen LogP contribution in [-0.4, -0.2) is 23.8 Å². The maximum atomic E-state index is 10.4. The number of hydrogen-bond acceptors (Lipinski definition) is 3. The van der Waals surface area contributed by atoms with Gasteiger partial charge in [0.25, 0.3) is 0 Å². The quantitative estimate of drug-likeness (QED) is 0.835. The number of benzene rings is 1. The highest BCUT2D eigenvalue weighted by Crippen LogP contribution is 2.34. The monoisotopic (exact) mass is 292 g/mol. The molecule has 0 amide bonds. The number of rotatable bonds is 7. The van der Waals surface area contributed by atoms with Crippen LogP contribution in [0.5, 0.6) is 5.75 Å². The van der Waals surface area contributed by atoms with Crippen molar-refractivity contribution in [2.24, 2.45) is 11.8 Å². The Bertz CT molecular complexity index is 452. The van der Waals surface area contributed by atoms with E-state index in [9.17, 15) is 4.79 Å². The van der Waals surface area contributed by atoms with Gasteiger partial charge >= 0.3 is 5.97 Å². The van der Waals surface area contributed by atoms with E-state index in [1.165, 1.54) is 12.8 Å². The molecule has 1 fully saturated rings. The Hall–Kier alpha value is -1.55. The summed E-state index contributed by atoms with van der Waals surface area (Å²) in [4.78, 5) is 10.4. The van der Waals surface area contributed by atoms with Gasteiger partial charge in [-0.1, -0.05) is 32.4 Å². The van der Waals surface area contributed by atoms with Crippen molar-refractivity contribution in [3.63, 3.8) is 0 Å². The summed E-state index contributed by atoms with van der Waals surface area (Å²) in [5.74, 6) is 0.943. The number of aliphatic carboxylic acids is 1. The first-order chi connectivity index (χ1) is 10.1. The molecule has 1 aromatic rings. The van der Waals surface area contributed by atoms with Crippen molar-refractivity contribution in [2.75, 3.05) is 6.61 Å². The van der Waals surface area contributed by atoms with E-state index in [2.05, 4.69) is 13.8 Å². The fraction of sp³-hybridized carbons (Fsp3) is 0.588. The fourth-order valence-electron chi connectivity index (χ4n) is 2.95. The van der Waals surface area contributed by atoms with Crippen LogP contribution in [0.3, 0.4) is 0 Å². The SMILES string of the molecule is CC(C)C1CCC[C@H]1OCc1ccc(OCC(=O)O)cc1. The summed E-state index contributed by atoms with van der Waals surface area (Å²) in [7, 11) is 0. The van der Waals surface area contributed by atoms with Crippen molar-refractivity contribution in [3.05, 3.63) is 29.8 Å². The first-order valence-corrected chi connectivity index (χ1v) is 7.61. The van der Waals surface area contributed by atoms with Gasteiger partial charge in [-0.2, -0.15) is 0 Å². The number of ether oxygens (including phenoxy) is 2. The lowest BCUT2D eigenvalue weighted by atomic mass is 9.92. The number of carbonyl (C=O) groups is 1. The average Bonchev–Trinajstić information content (AvgIpc) is 2.92. The van der Waals surface area contributed by atoms with E-state index in [-0.39, 0.29) is 6.61 Å². The smallest absolute Gasteiger partial charge is 0.341 e. The third-order valence-corrected chi connectivity index (χ3v) is 4.11. The normalized spacial score (nSPS) is 21.7. The van der Waals surface area contributed by atoms with Crippen molar-refractivity contribution in [1.29, 1.82) is 0 Å². The summed E-state index contributed by atoms with van der Waals surface area (Å²) in [6.45, 7) is 4.82. The average molecular weight is 292 g/mol. The van der Waals surface area contributed by atoms with Crippen LogP contribution < -0.4 is 4.74 Å². The number of hydrogen-bond donors (Lipinski definition) is 1. The summed E-state index contributed by atoms with van der Waals surface area (Å²) >= 11 is 0. The lowest BCUT2D eigenvalue weighted by Crippen LogP contribution is -2.22. The summed E-state index contributed by atoms with van der Waals surface area (Å²) < 4.78 is 11.2. The summed E-state index contributed by atoms with van der Waals surface area (Å²) in [5, 5.41) is 8.56. The molecular formula is C17H24O4. The van der Waals surface area contributed by atoms with Gasteiger partial charge in [-0.15, -0.1) is 0 Å². The second-order valence-corrected chi connectivity index (χ2v) is 6.01. The lowest BCUT2D eigenvalue weighted by molar-refractivity contribution is -0.139. The van der Waals surface area contributed by atoms with Crippen LogP contribution in [0.2, 0.25) is 0 Å². The zero-order valence-electron chi connectivity index (χ0n) is 12.7. The van der Waals surface area contributed by atoms with E-state index in [4.69, 9.17) is 14.6 Å². The van der Waals surface area contributed by atoms with E-state index in [1.54, 1.807) is 12.1 Å². The molecule has 1 N–H and O–H groups in total. The van der Waals surface area contributed by atoms with E-state index in [1.807, 2.05) is 12.1 Å². The van der Waals surface area contributed by atoms with Crippen LogP contribution in [0, 0.1) is 11.8 Å². The van der Waals surface area contributed by atoms with Gasteiger partial charge < -0.3 is 14.6 Å². The molecule has 4 nitrogen and oxygen atoms in total. The van der Waals surface area contributed by atoms with E-state index < -0.39 is 5.97 Å². The van der Waals surface area contributed by atoms with Crippen molar-refractivity contribution < 1.29 is 19.4 Å². The van der Waals surface area contributed by atoms with Crippen LogP contribution in [-0.2, 0) is 16.1 Å². The number of carboxylic acids is 1. The second-order valence-electron chi connectivity index (χ2n) is 6.01. The highest BCUT2D eigenvalue weighted by atomic mass is 16.5. The molecule has 116 valence electrons. The standard InChI is InChI=1S/C17H24O4/c1-12(2)15-4-3-5-16(15)21-10-13-6-8-14(9-7-13)20-11-17(18)19/h6-9,12,15-16H,3-5,10-11H2,1-2H3,(H,18,19)/t15?,16-/m1/s1. The molecule has 0 bridgehead atoms. The van der Waals surface area contributed by atoms with Gasteiger partial charge in [0.1, 0.15) is 5.75 Å². The predicted molar refractivity (Wildman–Crippen MR) is 80.3 cm³/mol. The van der Waals surface area contributed by atoms with Gasteiger partial charge in [0.2, 0.25) is 0 Å². The van der Waals surface area contributed by atoms with E-state index >= 15 is 0 Å².